The molecule has 114 valence electrons. The van der Waals surface area contributed by atoms with Crippen molar-refractivity contribution in [3.63, 3.8) is 0 Å². The van der Waals surface area contributed by atoms with Gasteiger partial charge in [-0.2, -0.15) is 13.2 Å². The van der Waals surface area contributed by atoms with E-state index in [4.69, 9.17) is 0 Å². The molecule has 1 rings (SSSR count). The van der Waals surface area contributed by atoms with Gasteiger partial charge >= 0.3 is 6.18 Å². The number of benzene rings is 1. The Balaban J connectivity index is 2.44. The van der Waals surface area contributed by atoms with Crippen LogP contribution in [0.2, 0.25) is 0 Å². The van der Waals surface area contributed by atoms with Crippen molar-refractivity contribution in [1.29, 1.82) is 0 Å². The molecule has 0 aromatic heterocycles. The van der Waals surface area contributed by atoms with Gasteiger partial charge in [-0.25, -0.2) is 0 Å². The largest absolute Gasteiger partial charge is 0.411 e. The molecule has 0 heterocycles. The zero-order valence-electron chi connectivity index (χ0n) is 12.0. The van der Waals surface area contributed by atoms with Crippen LogP contribution in [-0.2, 0) is 16.6 Å². The Hall–Kier alpha value is -1.07. The lowest BCUT2D eigenvalue weighted by Crippen LogP contribution is -2.24. The molecule has 5 heteroatoms. The van der Waals surface area contributed by atoms with E-state index in [0.717, 1.165) is 5.56 Å². The van der Waals surface area contributed by atoms with Crippen LogP contribution in [0.1, 0.15) is 31.9 Å². The summed E-state index contributed by atoms with van der Waals surface area (Å²) in [5.41, 5.74) is 2.10. The molecule has 0 saturated carbocycles. The second kappa shape index (κ2) is 6.59. The molecule has 2 nitrogen and oxygen atoms in total. The smallest absolute Gasteiger partial charge is 0.390 e. The quantitative estimate of drug-likeness (QED) is 0.900. The average Bonchev–Trinajstić information content (AvgIpc) is 2.26. The maximum Gasteiger partial charge on any atom is 0.411 e. The van der Waals surface area contributed by atoms with Crippen LogP contribution in [0.15, 0.2) is 24.3 Å². The molecule has 1 aromatic rings. The number of rotatable bonds is 5. The number of hydrogen-bond acceptors (Lipinski definition) is 2. The van der Waals surface area contributed by atoms with Crippen molar-refractivity contribution in [2.45, 2.75) is 44.9 Å². The second-order valence-corrected chi connectivity index (χ2v) is 5.94. The molecule has 0 aliphatic carbocycles. The summed E-state index contributed by atoms with van der Waals surface area (Å²) < 4.78 is 40.1. The van der Waals surface area contributed by atoms with Gasteiger partial charge in [-0.15, -0.1) is 0 Å². The van der Waals surface area contributed by atoms with E-state index < -0.39 is 18.9 Å². The maximum atomic E-state index is 11.9. The third-order valence-electron chi connectivity index (χ3n) is 2.87. The standard InChI is InChI=1S/C15H21F3O2/c1-14(2,3)12-6-4-11(5-7-12)8-13(19)9-20-10-15(16,17)18/h4-7,13,19H,8-10H2,1-3H3. The Morgan fingerprint density at radius 1 is 1.10 bits per heavy atom. The molecule has 1 aromatic carbocycles. The minimum absolute atomic E-state index is 0.0486. The minimum Gasteiger partial charge on any atom is -0.390 e. The van der Waals surface area contributed by atoms with Crippen molar-refractivity contribution in [3.8, 4) is 0 Å². The first kappa shape index (κ1) is 17.0. The first-order valence-electron chi connectivity index (χ1n) is 6.50. The highest BCUT2D eigenvalue weighted by Gasteiger charge is 2.27. The molecule has 0 amide bonds. The van der Waals surface area contributed by atoms with Gasteiger partial charge in [0, 0.05) is 6.42 Å². The molecule has 0 aliphatic heterocycles. The van der Waals surface area contributed by atoms with Crippen LogP contribution >= 0.6 is 0 Å². The van der Waals surface area contributed by atoms with E-state index in [-0.39, 0.29) is 18.4 Å². The summed E-state index contributed by atoms with van der Waals surface area (Å²) in [7, 11) is 0. The van der Waals surface area contributed by atoms with E-state index in [1.807, 2.05) is 24.3 Å². The third kappa shape index (κ3) is 6.39. The second-order valence-electron chi connectivity index (χ2n) is 5.94. The first-order valence-corrected chi connectivity index (χ1v) is 6.50. The fourth-order valence-electron chi connectivity index (χ4n) is 1.78. The van der Waals surface area contributed by atoms with Gasteiger partial charge in [0.2, 0.25) is 0 Å². The molecular formula is C15H21F3O2. The summed E-state index contributed by atoms with van der Waals surface area (Å²) >= 11 is 0. The molecule has 0 bridgehead atoms. The van der Waals surface area contributed by atoms with Crippen molar-refractivity contribution in [2.75, 3.05) is 13.2 Å². The van der Waals surface area contributed by atoms with Crippen molar-refractivity contribution in [2.24, 2.45) is 0 Å². The topological polar surface area (TPSA) is 29.5 Å². The van der Waals surface area contributed by atoms with E-state index in [1.165, 1.54) is 5.56 Å². The molecular weight excluding hydrogens is 269 g/mol. The minimum atomic E-state index is -4.35. The molecule has 0 radical (unpaired) electrons. The lowest BCUT2D eigenvalue weighted by molar-refractivity contribution is -0.179. The zero-order chi connectivity index (χ0) is 15.4. The SMILES string of the molecule is CC(C)(C)c1ccc(CC(O)COCC(F)(F)F)cc1. The Morgan fingerprint density at radius 3 is 2.10 bits per heavy atom. The molecule has 0 aliphatic rings. The van der Waals surface area contributed by atoms with Crippen molar-refractivity contribution >= 4 is 0 Å². The lowest BCUT2D eigenvalue weighted by Gasteiger charge is -2.19. The van der Waals surface area contributed by atoms with Crippen LogP contribution in [-0.4, -0.2) is 30.6 Å². The number of ether oxygens (including phenoxy) is 1. The van der Waals surface area contributed by atoms with Gasteiger partial charge in [0.25, 0.3) is 0 Å². The van der Waals surface area contributed by atoms with Crippen molar-refractivity contribution in [3.05, 3.63) is 35.4 Å². The van der Waals surface area contributed by atoms with E-state index in [2.05, 4.69) is 25.5 Å². The highest BCUT2D eigenvalue weighted by atomic mass is 19.4. The Bertz CT molecular complexity index is 405. The first-order chi connectivity index (χ1) is 9.08. The predicted octanol–water partition coefficient (Wildman–Crippen LogP) is 3.47. The van der Waals surface area contributed by atoms with Gasteiger partial charge in [-0.3, -0.25) is 0 Å². The summed E-state index contributed by atoms with van der Waals surface area (Å²) in [5.74, 6) is 0. The normalized spacial score (nSPS) is 14.3. The highest BCUT2D eigenvalue weighted by molar-refractivity contribution is 5.27. The van der Waals surface area contributed by atoms with E-state index in [0.29, 0.717) is 0 Å². The molecule has 0 spiro atoms. The van der Waals surface area contributed by atoms with Gasteiger partial charge in [0.15, 0.2) is 0 Å². The number of aliphatic hydroxyl groups excluding tert-OH is 1. The Kier molecular flexibility index (Phi) is 5.59. The fraction of sp³-hybridized carbons (Fsp3) is 0.600. The van der Waals surface area contributed by atoms with Crippen molar-refractivity contribution < 1.29 is 23.0 Å². The fourth-order valence-corrected chi connectivity index (χ4v) is 1.78. The van der Waals surface area contributed by atoms with Gasteiger partial charge in [-0.05, 0) is 16.5 Å². The summed E-state index contributed by atoms with van der Waals surface area (Å²) in [6, 6.07) is 7.71. The van der Waals surface area contributed by atoms with Gasteiger partial charge < -0.3 is 9.84 Å². The number of alkyl halides is 3. The van der Waals surface area contributed by atoms with Crippen LogP contribution in [0.5, 0.6) is 0 Å². The average molecular weight is 290 g/mol. The molecule has 20 heavy (non-hydrogen) atoms. The van der Waals surface area contributed by atoms with Gasteiger partial charge in [0.05, 0.1) is 12.7 Å². The van der Waals surface area contributed by atoms with Crippen LogP contribution in [0.25, 0.3) is 0 Å². The van der Waals surface area contributed by atoms with Crippen LogP contribution in [0.4, 0.5) is 13.2 Å². The highest BCUT2D eigenvalue weighted by Crippen LogP contribution is 2.22. The lowest BCUT2D eigenvalue weighted by atomic mass is 9.86. The Morgan fingerprint density at radius 2 is 1.65 bits per heavy atom. The summed E-state index contributed by atoms with van der Waals surface area (Å²) in [4.78, 5) is 0. The molecule has 1 atom stereocenters. The summed E-state index contributed by atoms with van der Waals surface area (Å²) in [5, 5.41) is 9.64. The van der Waals surface area contributed by atoms with Gasteiger partial charge in [0.1, 0.15) is 6.61 Å². The van der Waals surface area contributed by atoms with Crippen LogP contribution < -0.4 is 0 Å². The molecule has 0 saturated heterocycles. The predicted molar refractivity (Wildman–Crippen MR) is 71.7 cm³/mol. The van der Waals surface area contributed by atoms with Gasteiger partial charge in [-0.1, -0.05) is 45.0 Å². The third-order valence-corrected chi connectivity index (χ3v) is 2.87. The number of hydrogen-bond donors (Lipinski definition) is 1. The maximum absolute atomic E-state index is 11.9. The number of halogens is 3. The monoisotopic (exact) mass is 290 g/mol. The zero-order valence-corrected chi connectivity index (χ0v) is 12.0. The molecule has 1 N–H and O–H groups in total. The van der Waals surface area contributed by atoms with E-state index in [9.17, 15) is 18.3 Å². The summed E-state index contributed by atoms with van der Waals surface area (Å²) in [6.07, 6.45) is -5.01. The van der Waals surface area contributed by atoms with Crippen molar-refractivity contribution in [1.82, 2.24) is 0 Å². The van der Waals surface area contributed by atoms with Crippen LogP contribution in [0, 0.1) is 0 Å². The Labute approximate surface area is 117 Å². The molecule has 1 unspecified atom stereocenters. The van der Waals surface area contributed by atoms with E-state index in [1.54, 1.807) is 0 Å². The van der Waals surface area contributed by atoms with Crippen LogP contribution in [0.3, 0.4) is 0 Å². The molecule has 0 fully saturated rings. The number of aliphatic hydroxyl groups is 1. The van der Waals surface area contributed by atoms with E-state index >= 15 is 0 Å². The summed E-state index contributed by atoms with van der Waals surface area (Å²) in [6.45, 7) is 4.65.